The van der Waals surface area contributed by atoms with Crippen molar-refractivity contribution >= 4 is 50.3 Å². The lowest BCUT2D eigenvalue weighted by Gasteiger charge is -2.27. The molecule has 0 bridgehead atoms. The van der Waals surface area contributed by atoms with Gasteiger partial charge in [0.25, 0.3) is 0 Å². The molecule has 1 aliphatic rings. The molecule has 0 aromatic heterocycles. The Kier molecular flexibility index (Phi) is 8.98. The van der Waals surface area contributed by atoms with Crippen molar-refractivity contribution in [1.29, 1.82) is 5.41 Å². The summed E-state index contributed by atoms with van der Waals surface area (Å²) in [6, 6.07) is 11.6. The molecule has 35 heavy (non-hydrogen) atoms. The van der Waals surface area contributed by atoms with Crippen LogP contribution < -0.4 is 16.8 Å². The number of guanidine groups is 1. The number of unbranched alkanes of at least 4 members (excludes halogenated alkanes) is 1. The van der Waals surface area contributed by atoms with Gasteiger partial charge in [0, 0.05) is 24.9 Å². The molecule has 0 radical (unpaired) electrons. The fourth-order valence-corrected chi connectivity index (χ4v) is 6.30. The first-order chi connectivity index (χ1) is 16.6. The van der Waals surface area contributed by atoms with E-state index in [1.54, 1.807) is 23.9 Å². The maximum absolute atomic E-state index is 13.6. The highest BCUT2D eigenvalue weighted by molar-refractivity contribution is 7.99. The van der Waals surface area contributed by atoms with Gasteiger partial charge in [-0.2, -0.15) is 16.1 Å². The summed E-state index contributed by atoms with van der Waals surface area (Å²) >= 11 is 1.55. The van der Waals surface area contributed by atoms with Gasteiger partial charge in [-0.1, -0.05) is 30.3 Å². The Morgan fingerprint density at radius 2 is 1.89 bits per heavy atom. The number of carbonyl (C=O) groups is 2. The first kappa shape index (κ1) is 26.8. The maximum Gasteiger partial charge on any atom is 0.243 e. The molecule has 0 spiro atoms. The number of thioether (sulfide) groups is 1. The molecule has 190 valence electrons. The second kappa shape index (κ2) is 11.7. The number of sulfonamides is 1. The van der Waals surface area contributed by atoms with Crippen LogP contribution in [0.3, 0.4) is 0 Å². The van der Waals surface area contributed by atoms with Crippen molar-refractivity contribution in [3.8, 4) is 0 Å². The van der Waals surface area contributed by atoms with E-state index in [-0.39, 0.29) is 29.2 Å². The molecule has 6 N–H and O–H groups in total. The Morgan fingerprint density at radius 1 is 1.17 bits per heavy atom. The Bertz CT molecular complexity index is 1190. The summed E-state index contributed by atoms with van der Waals surface area (Å²) in [5.74, 6) is -1.19. The second-order valence-electron chi connectivity index (χ2n) is 8.45. The van der Waals surface area contributed by atoms with Crippen molar-refractivity contribution in [3.05, 3.63) is 42.5 Å². The van der Waals surface area contributed by atoms with E-state index in [9.17, 15) is 18.0 Å². The Morgan fingerprint density at radius 3 is 2.54 bits per heavy atom. The van der Waals surface area contributed by atoms with Crippen molar-refractivity contribution in [2.75, 3.05) is 32.4 Å². The SMILES string of the molecule is CS[C@H]1C[C@@H](C(N)=O)N(C(=O)CN(CCCCNC(=N)N)S(=O)(=O)c2ccc3ccccc3c2)C1. The van der Waals surface area contributed by atoms with E-state index < -0.39 is 27.9 Å². The molecule has 3 rings (SSSR count). The van der Waals surface area contributed by atoms with Crippen LogP contribution >= 0.6 is 11.8 Å². The third-order valence-electron chi connectivity index (χ3n) is 6.06. The number of hydrogen-bond acceptors (Lipinski definition) is 6. The molecular formula is C23H32N6O4S2. The van der Waals surface area contributed by atoms with Gasteiger partial charge in [0.05, 0.1) is 11.4 Å². The number of amides is 2. The van der Waals surface area contributed by atoms with Gasteiger partial charge in [0.2, 0.25) is 21.8 Å². The molecule has 2 aromatic carbocycles. The third kappa shape index (κ3) is 6.65. The zero-order chi connectivity index (χ0) is 25.6. The first-order valence-corrected chi connectivity index (χ1v) is 14.0. The van der Waals surface area contributed by atoms with Crippen molar-refractivity contribution in [2.45, 2.75) is 35.4 Å². The summed E-state index contributed by atoms with van der Waals surface area (Å²) in [5, 5.41) is 11.7. The summed E-state index contributed by atoms with van der Waals surface area (Å²) in [6.45, 7) is 0.472. The number of likely N-dealkylation sites (tertiary alicyclic amines) is 1. The summed E-state index contributed by atoms with van der Waals surface area (Å²) in [7, 11) is -4.00. The van der Waals surface area contributed by atoms with Crippen molar-refractivity contribution < 1.29 is 18.0 Å². The van der Waals surface area contributed by atoms with Crippen LogP contribution in [0, 0.1) is 5.41 Å². The number of fused-ring (bicyclic) bond motifs is 1. The molecule has 10 nitrogen and oxygen atoms in total. The van der Waals surface area contributed by atoms with Crippen LogP contribution in [0.2, 0.25) is 0 Å². The predicted octanol–water partition coefficient (Wildman–Crippen LogP) is 0.912. The smallest absolute Gasteiger partial charge is 0.243 e. The number of benzene rings is 2. The van der Waals surface area contributed by atoms with Gasteiger partial charge in [-0.05, 0) is 48.4 Å². The summed E-state index contributed by atoms with van der Waals surface area (Å²) in [4.78, 5) is 26.7. The third-order valence-corrected chi connectivity index (χ3v) is 8.91. The molecular weight excluding hydrogens is 488 g/mol. The summed E-state index contributed by atoms with van der Waals surface area (Å²) in [5.41, 5.74) is 10.8. The molecule has 0 saturated carbocycles. The van der Waals surface area contributed by atoms with Gasteiger partial charge < -0.3 is 21.7 Å². The Balaban J connectivity index is 1.83. The average molecular weight is 521 g/mol. The fraction of sp³-hybridized carbons (Fsp3) is 0.435. The fourth-order valence-electron chi connectivity index (χ4n) is 4.15. The Labute approximate surface area is 209 Å². The van der Waals surface area contributed by atoms with Gasteiger partial charge in [-0.15, -0.1) is 0 Å². The number of nitrogens with zero attached hydrogens (tertiary/aromatic N) is 2. The van der Waals surface area contributed by atoms with E-state index >= 15 is 0 Å². The Hall–Kier alpha value is -2.83. The average Bonchev–Trinajstić information content (AvgIpc) is 3.27. The second-order valence-corrected chi connectivity index (χ2v) is 11.5. The van der Waals surface area contributed by atoms with Crippen LogP contribution in [-0.4, -0.2) is 79.1 Å². The molecule has 1 saturated heterocycles. The van der Waals surface area contributed by atoms with Gasteiger partial charge in [0.1, 0.15) is 6.04 Å². The lowest BCUT2D eigenvalue weighted by molar-refractivity contribution is -0.137. The van der Waals surface area contributed by atoms with Crippen molar-refractivity contribution in [2.24, 2.45) is 11.5 Å². The predicted molar refractivity (Wildman–Crippen MR) is 138 cm³/mol. The van der Waals surface area contributed by atoms with Gasteiger partial charge in [-0.25, -0.2) is 8.42 Å². The molecule has 2 amide bonds. The van der Waals surface area contributed by atoms with E-state index in [4.69, 9.17) is 16.9 Å². The van der Waals surface area contributed by atoms with Gasteiger partial charge in [0.15, 0.2) is 5.96 Å². The minimum Gasteiger partial charge on any atom is -0.370 e. The van der Waals surface area contributed by atoms with Gasteiger partial charge in [-0.3, -0.25) is 15.0 Å². The minimum atomic E-state index is -4.00. The van der Waals surface area contributed by atoms with Crippen LogP contribution in [0.4, 0.5) is 0 Å². The molecule has 12 heteroatoms. The molecule has 2 aromatic rings. The van der Waals surface area contributed by atoms with Crippen LogP contribution in [0.5, 0.6) is 0 Å². The van der Waals surface area contributed by atoms with Crippen LogP contribution in [0.1, 0.15) is 19.3 Å². The normalized spacial score (nSPS) is 18.2. The highest BCUT2D eigenvalue weighted by atomic mass is 32.2. The monoisotopic (exact) mass is 520 g/mol. The number of hydrogen-bond donors (Lipinski definition) is 4. The largest absolute Gasteiger partial charge is 0.370 e. The summed E-state index contributed by atoms with van der Waals surface area (Å²) in [6.07, 6.45) is 3.37. The highest BCUT2D eigenvalue weighted by Gasteiger charge is 2.39. The standard InChI is InChI=1S/C23H32N6O4S2/c1-34-18-13-20(22(24)31)29(14-18)21(30)15-28(11-5-4-10-27-23(25)26)35(32,33)19-9-8-16-6-2-3-7-17(16)12-19/h2-3,6-9,12,18,20H,4-5,10-11,13-15H2,1H3,(H2,24,31)(H4,25,26,27)/t18-,20-/m0/s1. The molecule has 1 heterocycles. The molecule has 2 atom stereocenters. The zero-order valence-corrected chi connectivity index (χ0v) is 21.3. The molecule has 1 fully saturated rings. The van der Waals surface area contributed by atoms with Crippen molar-refractivity contribution in [3.63, 3.8) is 0 Å². The van der Waals surface area contributed by atoms with E-state index in [0.717, 1.165) is 15.1 Å². The van der Waals surface area contributed by atoms with E-state index in [1.165, 1.54) is 11.0 Å². The quantitative estimate of drug-likeness (QED) is 0.194. The number of nitrogens with two attached hydrogens (primary N) is 2. The van der Waals surface area contributed by atoms with Crippen molar-refractivity contribution in [1.82, 2.24) is 14.5 Å². The lowest BCUT2D eigenvalue weighted by atomic mass is 10.1. The van der Waals surface area contributed by atoms with E-state index in [2.05, 4.69) is 5.32 Å². The van der Waals surface area contributed by atoms with Crippen LogP contribution in [0.15, 0.2) is 47.4 Å². The van der Waals surface area contributed by atoms with Crippen LogP contribution in [-0.2, 0) is 19.6 Å². The topological polar surface area (TPSA) is 163 Å². The molecule has 0 unspecified atom stereocenters. The highest BCUT2D eigenvalue weighted by Crippen LogP contribution is 2.27. The number of primary amides is 1. The number of rotatable bonds is 11. The molecule has 1 aliphatic heterocycles. The minimum absolute atomic E-state index is 0.0691. The number of nitrogens with one attached hydrogen (secondary N) is 2. The zero-order valence-electron chi connectivity index (χ0n) is 19.6. The number of carbonyl (C=O) groups excluding carboxylic acids is 2. The van der Waals surface area contributed by atoms with E-state index in [1.807, 2.05) is 30.5 Å². The van der Waals surface area contributed by atoms with Crippen LogP contribution in [0.25, 0.3) is 10.8 Å². The van der Waals surface area contributed by atoms with E-state index in [0.29, 0.717) is 32.4 Å². The lowest BCUT2D eigenvalue weighted by Crippen LogP contribution is -2.48. The maximum atomic E-state index is 13.6. The molecule has 0 aliphatic carbocycles. The van der Waals surface area contributed by atoms with Gasteiger partial charge >= 0.3 is 0 Å². The summed E-state index contributed by atoms with van der Waals surface area (Å²) < 4.78 is 28.4. The first-order valence-electron chi connectivity index (χ1n) is 11.3.